The summed E-state index contributed by atoms with van der Waals surface area (Å²) >= 11 is 14.5. The van der Waals surface area contributed by atoms with Gasteiger partial charge in [-0.15, -0.1) is 23.5 Å². The molecule has 6 amide bonds. The molecule has 0 saturated carbocycles. The van der Waals surface area contributed by atoms with E-state index < -0.39 is 71.4 Å². The molecule has 4 aliphatic heterocycles. The first-order chi connectivity index (χ1) is 36.0. The Hall–Kier alpha value is -4.74. The molecule has 4 heterocycles. The number of ether oxygens (including phenoxy) is 2. The largest absolute Gasteiger partial charge is 0.465 e. The summed E-state index contributed by atoms with van der Waals surface area (Å²) < 4.78 is 13.2. The Labute approximate surface area is 465 Å². The van der Waals surface area contributed by atoms with Crippen LogP contribution in [0.1, 0.15) is 114 Å². The van der Waals surface area contributed by atoms with E-state index >= 15 is 0 Å². The van der Waals surface area contributed by atoms with Gasteiger partial charge in [0.25, 0.3) is 0 Å². The molecule has 414 valence electrons. The number of amides is 6. The molecule has 76 heavy (non-hydrogen) atoms. The average molecular weight is 1120 g/mol. The first-order valence-corrected chi connectivity index (χ1v) is 29.3. The SMILES string of the molecule is CC(C(=S)N[C@H]1CCS[C@H]2CC(C)(C)[C@@H](C(=O)N[C@H]3c4ccccc4C[C@H]3OCCCCO[C@@H]3Cc4ccccc4[C@@H]3NC(=O)[C@H]3N4C(=O)[C@@H](NC(=S)C(C)N(C)C(=O)O)CCS[C@H]4CC3(C)C)N2C1=O)N(C)C(=O)O. The van der Waals surface area contributed by atoms with Crippen LogP contribution in [0.5, 0.6) is 0 Å². The number of benzene rings is 2. The van der Waals surface area contributed by atoms with Gasteiger partial charge in [0.1, 0.15) is 24.2 Å². The van der Waals surface area contributed by atoms with Crippen molar-refractivity contribution in [3.63, 3.8) is 0 Å². The van der Waals surface area contributed by atoms with Crippen molar-refractivity contribution in [2.75, 3.05) is 38.8 Å². The molecule has 2 unspecified atom stereocenters. The van der Waals surface area contributed by atoms with Gasteiger partial charge in [0.05, 0.1) is 57.1 Å². The summed E-state index contributed by atoms with van der Waals surface area (Å²) in [5.74, 6) is 0.373. The Balaban J connectivity index is 0.881. The van der Waals surface area contributed by atoms with Crippen LogP contribution in [0.15, 0.2) is 48.5 Å². The second kappa shape index (κ2) is 23.7. The zero-order valence-electron chi connectivity index (χ0n) is 44.6. The van der Waals surface area contributed by atoms with Gasteiger partial charge in [-0.05, 0) is 97.0 Å². The maximum absolute atomic E-state index is 14.7. The summed E-state index contributed by atoms with van der Waals surface area (Å²) in [4.78, 5) is 87.8. The zero-order valence-corrected chi connectivity index (χ0v) is 47.9. The number of rotatable bonds is 17. The fourth-order valence-corrected chi connectivity index (χ4v) is 15.6. The van der Waals surface area contributed by atoms with Gasteiger partial charge in [0.15, 0.2) is 0 Å². The molecule has 0 spiro atoms. The number of carbonyl (C=O) groups is 6. The van der Waals surface area contributed by atoms with Crippen molar-refractivity contribution < 1.29 is 48.5 Å². The monoisotopic (exact) mass is 1120 g/mol. The Kier molecular flexibility index (Phi) is 17.9. The number of unbranched alkanes of at least 4 members (excludes halogenated alkanes) is 1. The molecule has 2 aliphatic carbocycles. The van der Waals surface area contributed by atoms with Crippen molar-refractivity contribution in [3.8, 4) is 0 Å². The summed E-state index contributed by atoms with van der Waals surface area (Å²) in [5, 5.41) is 31.7. The first-order valence-electron chi connectivity index (χ1n) is 26.4. The lowest BCUT2D eigenvalue weighted by molar-refractivity contribution is -0.143. The summed E-state index contributed by atoms with van der Waals surface area (Å²) in [6.45, 7) is 12.3. The van der Waals surface area contributed by atoms with Gasteiger partial charge in [0.2, 0.25) is 23.6 Å². The predicted molar refractivity (Wildman–Crippen MR) is 300 cm³/mol. The Morgan fingerprint density at radius 2 is 1.03 bits per heavy atom. The maximum Gasteiger partial charge on any atom is 0.407 e. The molecule has 2 aromatic rings. The van der Waals surface area contributed by atoms with Crippen LogP contribution in [-0.4, -0.2) is 174 Å². The third-order valence-corrected chi connectivity index (χ3v) is 19.8. The van der Waals surface area contributed by atoms with E-state index in [1.54, 1.807) is 47.2 Å². The average Bonchev–Trinajstić information content (AvgIpc) is 4.05. The molecular formula is C54H74N8O10S4. The lowest BCUT2D eigenvalue weighted by Crippen LogP contribution is -2.58. The number of likely N-dealkylation sites (N-methyl/N-ethyl adjacent to an activating group) is 2. The van der Waals surface area contributed by atoms with Gasteiger partial charge < -0.3 is 60.6 Å². The molecule has 6 aliphatic rings. The van der Waals surface area contributed by atoms with E-state index in [-0.39, 0.29) is 56.6 Å². The van der Waals surface area contributed by atoms with Crippen molar-refractivity contribution in [3.05, 3.63) is 70.8 Å². The van der Waals surface area contributed by atoms with Gasteiger partial charge in [0, 0.05) is 40.2 Å². The molecule has 22 heteroatoms. The molecule has 4 saturated heterocycles. The number of thioether (sulfide) groups is 2. The second-order valence-corrected chi connectivity index (χ2v) is 25.9. The van der Waals surface area contributed by atoms with Crippen LogP contribution < -0.4 is 21.3 Å². The summed E-state index contributed by atoms with van der Waals surface area (Å²) in [5.41, 5.74) is 3.04. The molecule has 0 bridgehead atoms. The highest BCUT2D eigenvalue weighted by Crippen LogP contribution is 2.49. The molecule has 2 aromatic carbocycles. The first kappa shape index (κ1) is 57.4. The van der Waals surface area contributed by atoms with Crippen molar-refractivity contribution in [2.24, 2.45) is 10.8 Å². The van der Waals surface area contributed by atoms with Crippen molar-refractivity contribution in [1.29, 1.82) is 0 Å². The number of hydrogen-bond acceptors (Lipinski definition) is 12. The fourth-order valence-electron chi connectivity index (χ4n) is 11.9. The lowest BCUT2D eigenvalue weighted by Gasteiger charge is -2.36. The highest BCUT2D eigenvalue weighted by atomic mass is 32.2. The second-order valence-electron chi connectivity index (χ2n) is 22.5. The molecule has 0 aromatic heterocycles. The van der Waals surface area contributed by atoms with Crippen LogP contribution in [0.2, 0.25) is 0 Å². The van der Waals surface area contributed by atoms with E-state index in [0.29, 0.717) is 76.1 Å². The van der Waals surface area contributed by atoms with Gasteiger partial charge in [-0.3, -0.25) is 19.2 Å². The lowest BCUT2D eigenvalue weighted by atomic mass is 9.83. The van der Waals surface area contributed by atoms with Crippen LogP contribution in [-0.2, 0) is 41.5 Å². The maximum atomic E-state index is 14.7. The van der Waals surface area contributed by atoms with Crippen LogP contribution in [0.4, 0.5) is 9.59 Å². The van der Waals surface area contributed by atoms with E-state index in [4.69, 9.17) is 33.9 Å². The van der Waals surface area contributed by atoms with Gasteiger partial charge >= 0.3 is 12.2 Å². The minimum absolute atomic E-state index is 0.211. The number of fused-ring (bicyclic) bond motifs is 4. The number of nitrogens with one attached hydrogen (secondary N) is 4. The van der Waals surface area contributed by atoms with Crippen LogP contribution in [0.3, 0.4) is 0 Å². The molecule has 12 atom stereocenters. The van der Waals surface area contributed by atoms with E-state index in [2.05, 4.69) is 33.4 Å². The van der Waals surface area contributed by atoms with Gasteiger partial charge in [-0.1, -0.05) is 101 Å². The summed E-state index contributed by atoms with van der Waals surface area (Å²) in [7, 11) is 2.87. The van der Waals surface area contributed by atoms with E-state index in [0.717, 1.165) is 32.1 Å². The Morgan fingerprint density at radius 1 is 0.658 bits per heavy atom. The van der Waals surface area contributed by atoms with Crippen LogP contribution in [0, 0.1) is 10.8 Å². The summed E-state index contributed by atoms with van der Waals surface area (Å²) in [6.07, 6.45) is 1.83. The quantitative estimate of drug-likeness (QED) is 0.0777. The van der Waals surface area contributed by atoms with E-state index in [9.17, 15) is 39.0 Å². The van der Waals surface area contributed by atoms with E-state index in [1.165, 1.54) is 14.1 Å². The van der Waals surface area contributed by atoms with E-state index in [1.807, 2.05) is 64.1 Å². The summed E-state index contributed by atoms with van der Waals surface area (Å²) in [6, 6.07) is 10.9. The Bertz CT molecular complexity index is 2400. The number of carboxylic acid groups (broad SMARTS) is 2. The molecule has 8 rings (SSSR count). The van der Waals surface area contributed by atoms with Gasteiger partial charge in [-0.25, -0.2) is 9.59 Å². The third kappa shape index (κ3) is 12.0. The number of hydrogen-bond donors (Lipinski definition) is 6. The predicted octanol–water partition coefficient (Wildman–Crippen LogP) is 6.11. The number of nitrogens with zero attached hydrogens (tertiary/aromatic N) is 4. The Morgan fingerprint density at radius 3 is 1.39 bits per heavy atom. The molecule has 18 nitrogen and oxygen atoms in total. The zero-order chi connectivity index (χ0) is 55.0. The fraction of sp³-hybridized carbons (Fsp3) is 0.630. The van der Waals surface area contributed by atoms with Crippen LogP contribution in [0.25, 0.3) is 0 Å². The molecule has 0 radical (unpaired) electrons. The van der Waals surface area contributed by atoms with Gasteiger partial charge in [-0.2, -0.15) is 0 Å². The number of carbonyl (C=O) groups excluding carboxylic acids is 4. The van der Waals surface area contributed by atoms with Crippen LogP contribution >= 0.6 is 48.0 Å². The van der Waals surface area contributed by atoms with Crippen molar-refractivity contribution in [2.45, 2.75) is 164 Å². The topological polar surface area (TPSA) is 222 Å². The van der Waals surface area contributed by atoms with Crippen molar-refractivity contribution in [1.82, 2.24) is 40.9 Å². The minimum Gasteiger partial charge on any atom is -0.465 e. The highest BCUT2D eigenvalue weighted by molar-refractivity contribution is 8.00. The molecule has 6 N–H and O–H groups in total. The number of thiocarbonyl (C=S) groups is 2. The normalized spacial score (nSPS) is 28.8. The minimum atomic E-state index is -1.13. The molecule has 4 fully saturated rings. The molecular weight excluding hydrogens is 1050 g/mol. The third-order valence-electron chi connectivity index (χ3n) is 16.4. The van der Waals surface area contributed by atoms with Crippen molar-refractivity contribution >= 4 is 93.8 Å². The smallest absolute Gasteiger partial charge is 0.407 e. The highest BCUT2D eigenvalue weighted by Gasteiger charge is 2.57. The standard InChI is InChI=1S/C54H74N8O10S4/c1-29(59(7)51(67)68)47(73)55-35-19-23-75-39-27-53(3,4)43(61(39)49(35)65)45(63)57-41-33-17-11-9-15-31(33)25-37(41)71-21-13-14-22-72-38-26-32-16-10-12-18-34(32)42(38)58-46(64)44-54(5,6)28-40-62(44)50(66)36(20-24-76-40)56-48(74)30(2)60(8)52(69)70/h9-12,15-18,29-30,35-44H,13-14,19-28H2,1-8H3,(H,55,73)(H,56,74)(H,57,63)(H,58,64)(H,67,68)(H,69,70)/t29?,30?,35-,36-,37+,38+,39-,40-,41-,42-,43+,44+/m0/s1.